The zero-order valence-corrected chi connectivity index (χ0v) is 14.1. The lowest BCUT2D eigenvalue weighted by Crippen LogP contribution is -2.41. The zero-order valence-electron chi connectivity index (χ0n) is 13.3. The summed E-state index contributed by atoms with van der Waals surface area (Å²) in [6.45, 7) is 1.55. The molecule has 7 heteroatoms. The molecule has 0 bridgehead atoms. The molecule has 1 heterocycles. The van der Waals surface area contributed by atoms with E-state index in [4.69, 9.17) is 0 Å². The fourth-order valence-corrected chi connectivity index (χ4v) is 3.75. The van der Waals surface area contributed by atoms with E-state index < -0.39 is 27.3 Å². The number of hydrogen-bond donors (Lipinski definition) is 1. The van der Waals surface area contributed by atoms with Gasteiger partial charge in [0.2, 0.25) is 0 Å². The van der Waals surface area contributed by atoms with E-state index in [2.05, 4.69) is 5.32 Å². The van der Waals surface area contributed by atoms with E-state index in [-0.39, 0.29) is 12.3 Å². The highest BCUT2D eigenvalue weighted by molar-refractivity contribution is 7.90. The molecule has 1 aliphatic carbocycles. The molecular weight excluding hydrogens is 316 g/mol. The van der Waals surface area contributed by atoms with Gasteiger partial charge in [-0.05, 0) is 42.9 Å². The van der Waals surface area contributed by atoms with Gasteiger partial charge < -0.3 is 5.32 Å². The molecule has 0 aromatic heterocycles. The smallest absolute Gasteiger partial charge is 0.319 e. The largest absolute Gasteiger partial charge is 0.325 e. The van der Waals surface area contributed by atoms with E-state index in [0.717, 1.165) is 36.0 Å². The van der Waals surface area contributed by atoms with Crippen LogP contribution in [0.2, 0.25) is 0 Å². The Morgan fingerprint density at radius 3 is 2.61 bits per heavy atom. The Balaban J connectivity index is 1.87. The summed E-state index contributed by atoms with van der Waals surface area (Å²) in [4.78, 5) is 25.8. The van der Waals surface area contributed by atoms with Crippen molar-refractivity contribution in [2.24, 2.45) is 0 Å². The van der Waals surface area contributed by atoms with Crippen LogP contribution in [0.1, 0.15) is 30.0 Å². The van der Waals surface area contributed by atoms with Crippen molar-refractivity contribution in [2.75, 3.05) is 18.6 Å². The molecule has 0 radical (unpaired) electrons. The SMILES string of the molecule is CC1(c2ccc3c(c2)CCC3)NC(=O)N(CCS(C)(=O)=O)C1=O. The molecule has 1 aliphatic heterocycles. The molecule has 1 aromatic rings. The molecule has 1 N–H and O–H groups in total. The number of imide groups is 1. The van der Waals surface area contributed by atoms with Crippen LogP contribution in [0.5, 0.6) is 0 Å². The summed E-state index contributed by atoms with van der Waals surface area (Å²) in [5, 5.41) is 2.72. The maximum atomic E-state index is 12.7. The van der Waals surface area contributed by atoms with Crippen LogP contribution >= 0.6 is 0 Å². The minimum Gasteiger partial charge on any atom is -0.319 e. The van der Waals surface area contributed by atoms with Gasteiger partial charge in [0, 0.05) is 12.8 Å². The first-order valence-corrected chi connectivity index (χ1v) is 9.71. The first-order chi connectivity index (χ1) is 10.7. The van der Waals surface area contributed by atoms with Crippen LogP contribution in [0.25, 0.3) is 0 Å². The lowest BCUT2D eigenvalue weighted by atomic mass is 9.90. The second kappa shape index (κ2) is 5.33. The molecule has 23 heavy (non-hydrogen) atoms. The predicted octanol–water partition coefficient (Wildman–Crippen LogP) is 0.987. The van der Waals surface area contributed by atoms with Crippen LogP contribution in [-0.2, 0) is 33.0 Å². The van der Waals surface area contributed by atoms with Crippen molar-refractivity contribution in [1.29, 1.82) is 0 Å². The monoisotopic (exact) mass is 336 g/mol. The van der Waals surface area contributed by atoms with Gasteiger partial charge in [0.1, 0.15) is 15.4 Å². The number of hydrogen-bond acceptors (Lipinski definition) is 4. The lowest BCUT2D eigenvalue weighted by molar-refractivity contribution is -0.130. The Kier molecular flexibility index (Phi) is 3.71. The Morgan fingerprint density at radius 1 is 1.22 bits per heavy atom. The molecule has 124 valence electrons. The Labute approximate surface area is 135 Å². The Morgan fingerprint density at radius 2 is 1.91 bits per heavy atom. The molecule has 1 saturated heterocycles. The third-order valence-corrected chi connectivity index (χ3v) is 5.56. The lowest BCUT2D eigenvalue weighted by Gasteiger charge is -2.23. The van der Waals surface area contributed by atoms with Crippen molar-refractivity contribution in [3.63, 3.8) is 0 Å². The summed E-state index contributed by atoms with van der Waals surface area (Å²) < 4.78 is 22.6. The molecule has 3 rings (SSSR count). The summed E-state index contributed by atoms with van der Waals surface area (Å²) in [5.41, 5.74) is 2.13. The van der Waals surface area contributed by atoms with Gasteiger partial charge in [0.05, 0.1) is 5.75 Å². The van der Waals surface area contributed by atoms with Gasteiger partial charge >= 0.3 is 6.03 Å². The molecule has 3 amide bonds. The van der Waals surface area contributed by atoms with Gasteiger partial charge in [-0.1, -0.05) is 18.2 Å². The second-order valence-electron chi connectivity index (χ2n) is 6.48. The number of sulfone groups is 1. The summed E-state index contributed by atoms with van der Waals surface area (Å²) in [5.74, 6) is -0.629. The van der Waals surface area contributed by atoms with Crippen LogP contribution in [0.3, 0.4) is 0 Å². The van der Waals surface area contributed by atoms with Crippen molar-refractivity contribution < 1.29 is 18.0 Å². The molecule has 6 nitrogen and oxygen atoms in total. The van der Waals surface area contributed by atoms with Crippen molar-refractivity contribution in [1.82, 2.24) is 10.2 Å². The molecule has 0 saturated carbocycles. The van der Waals surface area contributed by atoms with Gasteiger partial charge in [-0.15, -0.1) is 0 Å². The Hall–Kier alpha value is -1.89. The average molecular weight is 336 g/mol. The van der Waals surface area contributed by atoms with E-state index in [1.807, 2.05) is 18.2 Å². The van der Waals surface area contributed by atoms with Crippen LogP contribution < -0.4 is 5.32 Å². The number of benzene rings is 1. The average Bonchev–Trinajstić information content (AvgIpc) is 3.00. The number of fused-ring (bicyclic) bond motifs is 1. The third kappa shape index (κ3) is 2.85. The topological polar surface area (TPSA) is 83.6 Å². The van der Waals surface area contributed by atoms with Crippen molar-refractivity contribution >= 4 is 21.8 Å². The normalized spacial score (nSPS) is 24.0. The fourth-order valence-electron chi connectivity index (χ4n) is 3.24. The minimum atomic E-state index is -3.24. The van der Waals surface area contributed by atoms with Crippen LogP contribution in [-0.4, -0.2) is 43.8 Å². The predicted molar refractivity (Wildman–Crippen MR) is 85.8 cm³/mol. The third-order valence-electron chi connectivity index (χ3n) is 4.64. The maximum absolute atomic E-state index is 12.7. The molecule has 2 aliphatic rings. The van der Waals surface area contributed by atoms with E-state index in [1.165, 1.54) is 11.1 Å². The molecule has 1 fully saturated rings. The number of carbonyl (C=O) groups is 2. The summed E-state index contributed by atoms with van der Waals surface area (Å²) in [6, 6.07) is 5.34. The summed E-state index contributed by atoms with van der Waals surface area (Å²) >= 11 is 0. The van der Waals surface area contributed by atoms with Gasteiger partial charge in [0.15, 0.2) is 0 Å². The van der Waals surface area contributed by atoms with Gasteiger partial charge in [-0.2, -0.15) is 0 Å². The van der Waals surface area contributed by atoms with Crippen molar-refractivity contribution in [3.8, 4) is 0 Å². The number of carbonyl (C=O) groups excluding carboxylic acids is 2. The van der Waals surface area contributed by atoms with Crippen molar-refractivity contribution in [3.05, 3.63) is 34.9 Å². The number of aryl methyl sites for hydroxylation is 2. The molecular formula is C16H20N2O4S. The summed E-state index contributed by atoms with van der Waals surface area (Å²) in [6.07, 6.45) is 4.23. The van der Waals surface area contributed by atoms with Gasteiger partial charge in [-0.25, -0.2) is 13.2 Å². The first-order valence-electron chi connectivity index (χ1n) is 7.65. The fraction of sp³-hybridized carbons (Fsp3) is 0.500. The number of amides is 3. The minimum absolute atomic E-state index is 0.121. The molecule has 1 unspecified atom stereocenters. The highest BCUT2D eigenvalue weighted by Gasteiger charge is 2.49. The quantitative estimate of drug-likeness (QED) is 0.831. The Bertz CT molecular complexity index is 787. The van der Waals surface area contributed by atoms with E-state index in [9.17, 15) is 18.0 Å². The molecule has 1 aromatic carbocycles. The van der Waals surface area contributed by atoms with Gasteiger partial charge in [0.25, 0.3) is 5.91 Å². The van der Waals surface area contributed by atoms with E-state index >= 15 is 0 Å². The number of rotatable bonds is 4. The standard InChI is InChI=1S/C16H20N2O4S/c1-16(13-7-6-11-4-3-5-12(11)10-13)14(19)18(15(20)17-16)8-9-23(2,21)22/h6-7,10H,3-5,8-9H2,1-2H3,(H,17,20). The van der Waals surface area contributed by atoms with Crippen LogP contribution in [0, 0.1) is 0 Å². The number of urea groups is 1. The second-order valence-corrected chi connectivity index (χ2v) is 8.74. The maximum Gasteiger partial charge on any atom is 0.325 e. The van der Waals surface area contributed by atoms with Crippen molar-refractivity contribution in [2.45, 2.75) is 31.7 Å². The summed E-state index contributed by atoms with van der Waals surface area (Å²) in [7, 11) is -3.24. The van der Waals surface area contributed by atoms with E-state index in [0.29, 0.717) is 0 Å². The number of nitrogens with zero attached hydrogens (tertiary/aromatic N) is 1. The zero-order chi connectivity index (χ0) is 16.8. The van der Waals surface area contributed by atoms with Crippen LogP contribution in [0.15, 0.2) is 18.2 Å². The number of nitrogens with one attached hydrogen (secondary N) is 1. The first kappa shape index (κ1) is 16.0. The van der Waals surface area contributed by atoms with Crippen LogP contribution in [0.4, 0.5) is 4.79 Å². The molecule has 1 atom stereocenters. The highest BCUT2D eigenvalue weighted by Crippen LogP contribution is 2.32. The highest BCUT2D eigenvalue weighted by atomic mass is 32.2. The molecule has 0 spiro atoms. The van der Waals surface area contributed by atoms with Gasteiger partial charge in [-0.3, -0.25) is 9.69 Å². The van der Waals surface area contributed by atoms with E-state index in [1.54, 1.807) is 6.92 Å².